The number of rotatable bonds is 3. The van der Waals surface area contributed by atoms with Gasteiger partial charge in [-0.2, -0.15) is 5.10 Å². The van der Waals surface area contributed by atoms with Gasteiger partial charge >= 0.3 is 0 Å². The molecule has 0 saturated carbocycles. The van der Waals surface area contributed by atoms with E-state index in [2.05, 4.69) is 10.5 Å². The van der Waals surface area contributed by atoms with Crippen LogP contribution in [0.1, 0.15) is 18.1 Å². The normalized spacial score (nSPS) is 11.5. The summed E-state index contributed by atoms with van der Waals surface area (Å²) in [7, 11) is 0. The molecule has 2 rings (SSSR count). The molecule has 0 aliphatic carbocycles. The Labute approximate surface area is 121 Å². The maximum Gasteiger partial charge on any atom is 0.200 e. The van der Waals surface area contributed by atoms with Crippen LogP contribution in [0.2, 0.25) is 0 Å². The number of hydrogen-bond acceptors (Lipinski definition) is 5. The van der Waals surface area contributed by atoms with Crippen molar-refractivity contribution in [3.63, 3.8) is 0 Å². The molecule has 4 N–H and O–H groups in total. The van der Waals surface area contributed by atoms with Crippen molar-refractivity contribution in [3.8, 4) is 17.2 Å². The summed E-state index contributed by atoms with van der Waals surface area (Å²) >= 11 is 0. The highest BCUT2D eigenvalue weighted by atomic mass is 19.1. The number of anilines is 1. The van der Waals surface area contributed by atoms with Crippen molar-refractivity contribution in [2.75, 3.05) is 5.43 Å². The van der Waals surface area contributed by atoms with Crippen molar-refractivity contribution in [2.45, 2.75) is 13.8 Å². The van der Waals surface area contributed by atoms with E-state index in [1.807, 2.05) is 0 Å². The minimum atomic E-state index is -0.608. The summed E-state index contributed by atoms with van der Waals surface area (Å²) in [6.45, 7) is 3.26. The van der Waals surface area contributed by atoms with Gasteiger partial charge < -0.3 is 15.3 Å². The second-order valence-corrected chi connectivity index (χ2v) is 4.60. The topological polar surface area (TPSA) is 85.1 Å². The van der Waals surface area contributed by atoms with Crippen LogP contribution in [0.3, 0.4) is 0 Å². The van der Waals surface area contributed by atoms with Crippen LogP contribution in [0.5, 0.6) is 17.2 Å². The van der Waals surface area contributed by atoms with Crippen LogP contribution in [-0.2, 0) is 0 Å². The van der Waals surface area contributed by atoms with Crippen LogP contribution >= 0.6 is 0 Å². The molecular formula is C15H15FN2O3. The first kappa shape index (κ1) is 14.6. The first-order valence-corrected chi connectivity index (χ1v) is 6.21. The van der Waals surface area contributed by atoms with E-state index >= 15 is 0 Å². The lowest BCUT2D eigenvalue weighted by Crippen LogP contribution is -2.00. The van der Waals surface area contributed by atoms with Crippen LogP contribution in [0.25, 0.3) is 0 Å². The van der Waals surface area contributed by atoms with Crippen molar-refractivity contribution in [1.29, 1.82) is 0 Å². The molecule has 0 aliphatic rings. The van der Waals surface area contributed by atoms with Gasteiger partial charge in [0.1, 0.15) is 5.82 Å². The Morgan fingerprint density at radius 1 is 1.10 bits per heavy atom. The lowest BCUT2D eigenvalue weighted by molar-refractivity contribution is 0.367. The summed E-state index contributed by atoms with van der Waals surface area (Å²) in [6.07, 6.45) is 0. The highest BCUT2D eigenvalue weighted by Gasteiger charge is 2.13. The smallest absolute Gasteiger partial charge is 0.200 e. The molecule has 0 bridgehead atoms. The van der Waals surface area contributed by atoms with Gasteiger partial charge in [-0.15, -0.1) is 0 Å². The van der Waals surface area contributed by atoms with E-state index in [4.69, 9.17) is 0 Å². The van der Waals surface area contributed by atoms with Gasteiger partial charge in [0.15, 0.2) is 11.5 Å². The Hall–Kier alpha value is -2.76. The molecule has 0 radical (unpaired) electrons. The van der Waals surface area contributed by atoms with Crippen molar-refractivity contribution < 1.29 is 19.7 Å². The third-order valence-corrected chi connectivity index (χ3v) is 3.04. The fourth-order valence-corrected chi connectivity index (χ4v) is 1.73. The Morgan fingerprint density at radius 2 is 1.81 bits per heavy atom. The van der Waals surface area contributed by atoms with Gasteiger partial charge in [-0.25, -0.2) is 4.39 Å². The number of halogens is 1. The Kier molecular flexibility index (Phi) is 3.98. The monoisotopic (exact) mass is 290 g/mol. The molecule has 0 heterocycles. The van der Waals surface area contributed by atoms with E-state index < -0.39 is 17.2 Å². The number of nitrogens with one attached hydrogen (secondary N) is 1. The average Bonchev–Trinajstić information content (AvgIpc) is 2.46. The van der Waals surface area contributed by atoms with E-state index in [1.165, 1.54) is 18.2 Å². The number of hydrazone groups is 1. The Balaban J connectivity index is 2.25. The number of nitrogens with zero attached hydrogens (tertiary/aromatic N) is 1. The molecule has 2 aromatic rings. The molecule has 0 atom stereocenters. The van der Waals surface area contributed by atoms with E-state index in [0.717, 1.165) is 0 Å². The summed E-state index contributed by atoms with van der Waals surface area (Å²) in [5.74, 6) is -1.84. The molecule has 2 aromatic carbocycles. The van der Waals surface area contributed by atoms with Gasteiger partial charge in [-0.1, -0.05) is 6.07 Å². The zero-order valence-electron chi connectivity index (χ0n) is 11.6. The minimum absolute atomic E-state index is 0.255. The minimum Gasteiger partial charge on any atom is -0.504 e. The van der Waals surface area contributed by atoms with Crippen molar-refractivity contribution in [2.24, 2.45) is 5.10 Å². The lowest BCUT2D eigenvalue weighted by Gasteiger charge is -2.08. The van der Waals surface area contributed by atoms with Gasteiger partial charge in [0.05, 0.1) is 11.4 Å². The summed E-state index contributed by atoms with van der Waals surface area (Å²) < 4.78 is 13.4. The van der Waals surface area contributed by atoms with Crippen LogP contribution in [0.4, 0.5) is 10.1 Å². The summed E-state index contributed by atoms with van der Waals surface area (Å²) in [6, 6.07) is 7.26. The van der Waals surface area contributed by atoms with Crippen molar-refractivity contribution in [1.82, 2.24) is 0 Å². The first-order chi connectivity index (χ1) is 9.90. The van der Waals surface area contributed by atoms with E-state index in [-0.39, 0.29) is 11.4 Å². The number of aromatic hydroxyl groups is 3. The van der Waals surface area contributed by atoms with E-state index in [1.54, 1.807) is 26.0 Å². The molecule has 0 spiro atoms. The second-order valence-electron chi connectivity index (χ2n) is 4.60. The largest absolute Gasteiger partial charge is 0.504 e. The average molecular weight is 290 g/mol. The van der Waals surface area contributed by atoms with Crippen LogP contribution in [0.15, 0.2) is 35.4 Å². The Bertz CT molecular complexity index is 714. The standard InChI is InChI=1S/C15H15FN2O3/c1-8-3-4-10(7-12(8)16)18-17-9(2)11-5-6-13(19)15(21)14(11)20/h3-7,18-21H,1-2H3/b17-9+. The zero-order chi connectivity index (χ0) is 15.6. The van der Waals surface area contributed by atoms with Gasteiger partial charge in [0.2, 0.25) is 5.75 Å². The van der Waals surface area contributed by atoms with Crippen molar-refractivity contribution >= 4 is 11.4 Å². The van der Waals surface area contributed by atoms with Crippen LogP contribution < -0.4 is 5.43 Å². The molecule has 0 fully saturated rings. The summed E-state index contributed by atoms with van der Waals surface area (Å²) in [5, 5.41) is 32.5. The molecule has 0 aliphatic heterocycles. The molecule has 0 unspecified atom stereocenters. The fraction of sp³-hybridized carbons (Fsp3) is 0.133. The molecule has 6 heteroatoms. The third-order valence-electron chi connectivity index (χ3n) is 3.04. The number of hydrogen-bond donors (Lipinski definition) is 4. The highest BCUT2D eigenvalue weighted by molar-refractivity contribution is 6.02. The van der Waals surface area contributed by atoms with Crippen molar-refractivity contribution in [3.05, 3.63) is 47.3 Å². The highest BCUT2D eigenvalue weighted by Crippen LogP contribution is 2.37. The number of phenolic OH excluding ortho intramolecular Hbond substituents is 3. The van der Waals surface area contributed by atoms with Gasteiger partial charge in [-0.3, -0.25) is 5.43 Å². The molecule has 5 nitrogen and oxygen atoms in total. The maximum absolute atomic E-state index is 13.4. The quantitative estimate of drug-likeness (QED) is 0.397. The maximum atomic E-state index is 13.4. The summed E-state index contributed by atoms with van der Waals surface area (Å²) in [5.41, 5.74) is 4.27. The van der Waals surface area contributed by atoms with Gasteiger partial charge in [-0.05, 0) is 43.7 Å². The van der Waals surface area contributed by atoms with Gasteiger partial charge in [0.25, 0.3) is 0 Å². The molecule has 0 aromatic heterocycles. The fourth-order valence-electron chi connectivity index (χ4n) is 1.73. The zero-order valence-corrected chi connectivity index (χ0v) is 11.6. The van der Waals surface area contributed by atoms with Crippen LogP contribution in [-0.4, -0.2) is 21.0 Å². The Morgan fingerprint density at radius 3 is 2.48 bits per heavy atom. The SMILES string of the molecule is C/C(=N\Nc1ccc(C)c(F)c1)c1ccc(O)c(O)c1O. The predicted molar refractivity (Wildman–Crippen MR) is 78.4 cm³/mol. The molecule has 21 heavy (non-hydrogen) atoms. The number of phenols is 3. The van der Waals surface area contributed by atoms with Crippen LogP contribution in [0, 0.1) is 12.7 Å². The molecule has 110 valence electrons. The number of benzene rings is 2. The third kappa shape index (κ3) is 3.05. The van der Waals surface area contributed by atoms with E-state index in [9.17, 15) is 19.7 Å². The lowest BCUT2D eigenvalue weighted by atomic mass is 10.1. The summed E-state index contributed by atoms with van der Waals surface area (Å²) in [4.78, 5) is 0. The molecule has 0 saturated heterocycles. The van der Waals surface area contributed by atoms with Gasteiger partial charge in [0, 0.05) is 5.56 Å². The number of aryl methyl sites for hydroxylation is 1. The molecule has 0 amide bonds. The molecular weight excluding hydrogens is 275 g/mol. The predicted octanol–water partition coefficient (Wildman–Crippen LogP) is 3.09. The van der Waals surface area contributed by atoms with E-state index in [0.29, 0.717) is 17.0 Å². The first-order valence-electron chi connectivity index (χ1n) is 6.21. The second kappa shape index (κ2) is 5.70.